The molecule has 1 atom stereocenters. The number of hydrogen-bond acceptors (Lipinski definition) is 5. The maximum absolute atomic E-state index is 12.7. The largest absolute Gasteiger partial charge is 0.493 e. The highest BCUT2D eigenvalue weighted by Gasteiger charge is 2.20. The monoisotopic (exact) mass is 465 g/mol. The van der Waals surface area contributed by atoms with Crippen LogP contribution in [-0.4, -0.2) is 43.6 Å². The van der Waals surface area contributed by atoms with Gasteiger partial charge in [0, 0.05) is 22.2 Å². The second kappa shape index (κ2) is 12.8. The smallest absolute Gasteiger partial charge is 0.250 e. The van der Waals surface area contributed by atoms with Crippen molar-refractivity contribution in [1.29, 1.82) is 0 Å². The van der Waals surface area contributed by atoms with Crippen LogP contribution in [0, 0.1) is 0 Å². The third-order valence-corrected chi connectivity index (χ3v) is 5.57. The molecule has 0 unspecified atom stereocenters. The second-order valence-electron chi connectivity index (χ2n) is 7.63. The third-order valence-electron chi connectivity index (χ3n) is 4.25. The fourth-order valence-corrected chi connectivity index (χ4v) is 3.90. The molecule has 5 nitrogen and oxygen atoms in total. The highest BCUT2D eigenvalue weighted by Crippen LogP contribution is 2.29. The van der Waals surface area contributed by atoms with Gasteiger partial charge in [-0.1, -0.05) is 17.7 Å². The van der Waals surface area contributed by atoms with Gasteiger partial charge in [0.05, 0.1) is 19.3 Å². The SMILES string of the molecule is COc1cc(CCNC(=O)[C@H](CSc2ccc(Cl)cc2)OC(C)C)ccc1OC(C)C. The molecule has 0 aliphatic heterocycles. The van der Waals surface area contributed by atoms with Gasteiger partial charge in [0.2, 0.25) is 5.91 Å². The molecule has 0 radical (unpaired) electrons. The van der Waals surface area contributed by atoms with Crippen LogP contribution in [0.1, 0.15) is 33.3 Å². The summed E-state index contributed by atoms with van der Waals surface area (Å²) in [5.74, 6) is 1.83. The molecule has 0 aromatic heterocycles. The lowest BCUT2D eigenvalue weighted by molar-refractivity contribution is -0.133. The normalized spacial score (nSPS) is 12.1. The molecule has 0 saturated heterocycles. The van der Waals surface area contributed by atoms with Crippen LogP contribution >= 0.6 is 23.4 Å². The molecule has 0 aliphatic rings. The van der Waals surface area contributed by atoms with Gasteiger partial charge < -0.3 is 19.5 Å². The van der Waals surface area contributed by atoms with Crippen LogP contribution in [0.15, 0.2) is 47.4 Å². The summed E-state index contributed by atoms with van der Waals surface area (Å²) in [6.45, 7) is 8.32. The minimum Gasteiger partial charge on any atom is -0.493 e. The molecule has 2 aromatic carbocycles. The number of amides is 1. The van der Waals surface area contributed by atoms with Crippen molar-refractivity contribution >= 4 is 29.3 Å². The van der Waals surface area contributed by atoms with E-state index in [1.54, 1.807) is 18.9 Å². The lowest BCUT2D eigenvalue weighted by atomic mass is 10.1. The number of methoxy groups -OCH3 is 1. The van der Waals surface area contributed by atoms with Crippen molar-refractivity contribution < 1.29 is 19.0 Å². The molecule has 2 aromatic rings. The number of ether oxygens (including phenoxy) is 3. The first-order chi connectivity index (χ1) is 14.8. The Morgan fingerprint density at radius 1 is 1.03 bits per heavy atom. The van der Waals surface area contributed by atoms with Crippen LogP contribution in [0.5, 0.6) is 11.5 Å². The average molecular weight is 466 g/mol. The minimum atomic E-state index is -0.531. The zero-order valence-corrected chi connectivity index (χ0v) is 20.4. The van der Waals surface area contributed by atoms with Gasteiger partial charge in [0.15, 0.2) is 11.5 Å². The van der Waals surface area contributed by atoms with E-state index >= 15 is 0 Å². The Balaban J connectivity index is 1.90. The molecule has 0 saturated carbocycles. The van der Waals surface area contributed by atoms with Gasteiger partial charge in [-0.15, -0.1) is 11.8 Å². The molecular weight excluding hydrogens is 434 g/mol. The Morgan fingerprint density at radius 3 is 2.35 bits per heavy atom. The van der Waals surface area contributed by atoms with Gasteiger partial charge in [-0.25, -0.2) is 0 Å². The van der Waals surface area contributed by atoms with Gasteiger partial charge in [0.25, 0.3) is 0 Å². The number of halogens is 1. The minimum absolute atomic E-state index is 0.0423. The van der Waals surface area contributed by atoms with E-state index in [1.165, 1.54) is 0 Å². The van der Waals surface area contributed by atoms with Crippen molar-refractivity contribution in [1.82, 2.24) is 5.32 Å². The second-order valence-corrected chi connectivity index (χ2v) is 9.16. The van der Waals surface area contributed by atoms with Gasteiger partial charge >= 0.3 is 0 Å². The summed E-state index contributed by atoms with van der Waals surface area (Å²) in [4.78, 5) is 13.8. The van der Waals surface area contributed by atoms with Crippen molar-refractivity contribution in [3.8, 4) is 11.5 Å². The zero-order chi connectivity index (χ0) is 22.8. The average Bonchev–Trinajstić information content (AvgIpc) is 2.72. The van der Waals surface area contributed by atoms with Crippen molar-refractivity contribution in [3.63, 3.8) is 0 Å². The number of nitrogens with one attached hydrogen (secondary N) is 1. The number of carbonyl (C=O) groups is 1. The first-order valence-corrected chi connectivity index (χ1v) is 11.8. The first-order valence-electron chi connectivity index (χ1n) is 10.4. The maximum atomic E-state index is 12.7. The van der Waals surface area contributed by atoms with Gasteiger partial charge in [0.1, 0.15) is 6.10 Å². The fraction of sp³-hybridized carbons (Fsp3) is 0.458. The summed E-state index contributed by atoms with van der Waals surface area (Å²) >= 11 is 7.51. The Bertz CT molecular complexity index is 827. The van der Waals surface area contributed by atoms with E-state index in [2.05, 4.69) is 5.32 Å². The molecule has 0 fully saturated rings. The van der Waals surface area contributed by atoms with Crippen LogP contribution in [0.25, 0.3) is 0 Å². The van der Waals surface area contributed by atoms with Gasteiger partial charge in [-0.3, -0.25) is 4.79 Å². The van der Waals surface area contributed by atoms with E-state index < -0.39 is 6.10 Å². The van der Waals surface area contributed by atoms with Crippen molar-refractivity contribution in [2.24, 2.45) is 0 Å². The quantitative estimate of drug-likeness (QED) is 0.426. The lowest BCUT2D eigenvalue weighted by Crippen LogP contribution is -2.40. The van der Waals surface area contributed by atoms with Crippen LogP contribution in [0.2, 0.25) is 5.02 Å². The zero-order valence-electron chi connectivity index (χ0n) is 18.8. The highest BCUT2D eigenvalue weighted by molar-refractivity contribution is 7.99. The third kappa shape index (κ3) is 9.01. The highest BCUT2D eigenvalue weighted by atomic mass is 35.5. The number of benzene rings is 2. The predicted octanol–water partition coefficient (Wildman–Crippen LogP) is 5.38. The standard InChI is InChI=1S/C24H32ClNO4S/c1-16(2)29-21-11-6-18(14-22(21)28-5)12-13-26-24(27)23(30-17(3)4)15-31-20-9-7-19(25)8-10-20/h6-11,14,16-17,23H,12-13,15H2,1-5H3,(H,26,27)/t23-/m0/s1. The van der Waals surface area contributed by atoms with Crippen molar-refractivity contribution in [2.45, 2.75) is 57.3 Å². The van der Waals surface area contributed by atoms with E-state index in [9.17, 15) is 4.79 Å². The summed E-state index contributed by atoms with van der Waals surface area (Å²) < 4.78 is 17.0. The van der Waals surface area contributed by atoms with E-state index in [4.69, 9.17) is 25.8 Å². The van der Waals surface area contributed by atoms with Crippen LogP contribution in [-0.2, 0) is 16.0 Å². The fourth-order valence-electron chi connectivity index (χ4n) is 2.87. The molecule has 7 heteroatoms. The van der Waals surface area contributed by atoms with E-state index in [0.717, 1.165) is 16.2 Å². The van der Waals surface area contributed by atoms with Crippen LogP contribution < -0.4 is 14.8 Å². The summed E-state index contributed by atoms with van der Waals surface area (Å²) in [6, 6.07) is 13.4. The Hall–Kier alpha value is -1.89. The Labute approximate surface area is 194 Å². The van der Waals surface area contributed by atoms with E-state index in [0.29, 0.717) is 29.5 Å². The van der Waals surface area contributed by atoms with E-state index in [1.807, 2.05) is 70.2 Å². The van der Waals surface area contributed by atoms with Crippen LogP contribution in [0.3, 0.4) is 0 Å². The molecular formula is C24H32ClNO4S. The molecule has 1 amide bonds. The van der Waals surface area contributed by atoms with Crippen molar-refractivity contribution in [3.05, 3.63) is 53.1 Å². The molecule has 170 valence electrons. The van der Waals surface area contributed by atoms with Gasteiger partial charge in [-0.05, 0) is 76.1 Å². The van der Waals surface area contributed by atoms with Crippen LogP contribution in [0.4, 0.5) is 0 Å². The summed E-state index contributed by atoms with van der Waals surface area (Å²) in [6.07, 6.45) is 0.182. The van der Waals surface area contributed by atoms with Gasteiger partial charge in [-0.2, -0.15) is 0 Å². The molecule has 0 bridgehead atoms. The topological polar surface area (TPSA) is 56.8 Å². The number of hydrogen-bond donors (Lipinski definition) is 1. The predicted molar refractivity (Wildman–Crippen MR) is 128 cm³/mol. The summed E-state index contributed by atoms with van der Waals surface area (Å²) in [5.41, 5.74) is 1.06. The Morgan fingerprint density at radius 2 is 1.74 bits per heavy atom. The molecule has 0 heterocycles. The lowest BCUT2D eigenvalue weighted by Gasteiger charge is -2.20. The molecule has 2 rings (SSSR count). The summed E-state index contributed by atoms with van der Waals surface area (Å²) in [5, 5.41) is 3.69. The maximum Gasteiger partial charge on any atom is 0.250 e. The van der Waals surface area contributed by atoms with Crippen molar-refractivity contribution in [2.75, 3.05) is 19.4 Å². The number of rotatable bonds is 12. The summed E-state index contributed by atoms with van der Waals surface area (Å²) in [7, 11) is 1.63. The number of thioether (sulfide) groups is 1. The molecule has 1 N–H and O–H groups in total. The Kier molecular flexibility index (Phi) is 10.5. The first kappa shape index (κ1) is 25.4. The molecule has 31 heavy (non-hydrogen) atoms. The number of carbonyl (C=O) groups excluding carboxylic acids is 1. The molecule has 0 aliphatic carbocycles. The molecule has 0 spiro atoms. The van der Waals surface area contributed by atoms with E-state index in [-0.39, 0.29) is 18.1 Å².